The molecule has 0 saturated carbocycles. The standard InChI is InChI=1S/C15H21BrN2O2/c1-10(2)18-6-5-11(9-18)8-17-14-7-12(16)3-4-13(14)15(19)20/h3-4,7,10-11,17H,5-6,8-9H2,1-2H3,(H,19,20). The second kappa shape index (κ2) is 6.59. The van der Waals surface area contributed by atoms with Crippen molar-refractivity contribution in [2.75, 3.05) is 25.0 Å². The Morgan fingerprint density at radius 3 is 2.90 bits per heavy atom. The van der Waals surface area contributed by atoms with Crippen molar-refractivity contribution in [2.24, 2.45) is 5.92 Å². The minimum Gasteiger partial charge on any atom is -0.478 e. The molecule has 1 aliphatic rings. The number of carbonyl (C=O) groups is 1. The summed E-state index contributed by atoms with van der Waals surface area (Å²) in [4.78, 5) is 13.7. The van der Waals surface area contributed by atoms with Gasteiger partial charge in [0.25, 0.3) is 0 Å². The summed E-state index contributed by atoms with van der Waals surface area (Å²) < 4.78 is 0.889. The Hall–Kier alpha value is -1.07. The summed E-state index contributed by atoms with van der Waals surface area (Å²) >= 11 is 3.39. The largest absolute Gasteiger partial charge is 0.478 e. The summed E-state index contributed by atoms with van der Waals surface area (Å²) in [5.74, 6) is -0.312. The second-order valence-electron chi connectivity index (χ2n) is 5.62. The van der Waals surface area contributed by atoms with Gasteiger partial charge in [-0.05, 0) is 50.9 Å². The molecule has 1 heterocycles. The van der Waals surface area contributed by atoms with E-state index < -0.39 is 5.97 Å². The highest BCUT2D eigenvalue weighted by Crippen LogP contribution is 2.24. The van der Waals surface area contributed by atoms with Crippen LogP contribution in [-0.2, 0) is 0 Å². The lowest BCUT2D eigenvalue weighted by molar-refractivity contribution is 0.0698. The SMILES string of the molecule is CC(C)N1CCC(CNc2cc(Br)ccc2C(=O)O)C1. The molecule has 110 valence electrons. The maximum absolute atomic E-state index is 11.2. The van der Waals surface area contributed by atoms with E-state index in [2.05, 4.69) is 40.0 Å². The molecule has 2 rings (SSSR count). The third kappa shape index (κ3) is 3.73. The molecule has 0 amide bonds. The molecule has 2 N–H and O–H groups in total. The van der Waals surface area contributed by atoms with Crippen LogP contribution in [-0.4, -0.2) is 41.7 Å². The van der Waals surface area contributed by atoms with Gasteiger partial charge in [-0.25, -0.2) is 4.79 Å². The van der Waals surface area contributed by atoms with Crippen molar-refractivity contribution in [3.05, 3.63) is 28.2 Å². The summed E-state index contributed by atoms with van der Waals surface area (Å²) in [6.45, 7) is 7.47. The third-order valence-electron chi connectivity index (χ3n) is 3.84. The molecule has 0 bridgehead atoms. The number of nitrogens with one attached hydrogen (secondary N) is 1. The normalized spacial score (nSPS) is 19.5. The summed E-state index contributed by atoms with van der Waals surface area (Å²) in [5.41, 5.74) is 1.02. The summed E-state index contributed by atoms with van der Waals surface area (Å²) in [7, 11) is 0. The van der Waals surface area contributed by atoms with Gasteiger partial charge in [-0.2, -0.15) is 0 Å². The van der Waals surface area contributed by atoms with Crippen LogP contribution in [0, 0.1) is 5.92 Å². The fourth-order valence-electron chi connectivity index (χ4n) is 2.60. The van der Waals surface area contributed by atoms with Gasteiger partial charge in [0.05, 0.1) is 5.56 Å². The highest BCUT2D eigenvalue weighted by molar-refractivity contribution is 9.10. The molecule has 0 aromatic heterocycles. The van der Waals surface area contributed by atoms with Crippen LogP contribution in [0.1, 0.15) is 30.6 Å². The van der Waals surface area contributed by atoms with Crippen LogP contribution >= 0.6 is 15.9 Å². The number of benzene rings is 1. The number of hydrogen-bond acceptors (Lipinski definition) is 3. The molecule has 1 fully saturated rings. The molecule has 1 atom stereocenters. The number of nitrogens with zero attached hydrogens (tertiary/aromatic N) is 1. The van der Waals surface area contributed by atoms with Crippen LogP contribution in [0.15, 0.2) is 22.7 Å². The van der Waals surface area contributed by atoms with Gasteiger partial charge in [0.15, 0.2) is 0 Å². The Bertz CT molecular complexity index is 491. The number of halogens is 1. The lowest BCUT2D eigenvalue weighted by Gasteiger charge is -2.20. The first-order valence-electron chi connectivity index (χ1n) is 6.98. The molecule has 20 heavy (non-hydrogen) atoms. The van der Waals surface area contributed by atoms with Gasteiger partial charge >= 0.3 is 5.97 Å². The van der Waals surface area contributed by atoms with Crippen LogP contribution in [0.25, 0.3) is 0 Å². The number of likely N-dealkylation sites (tertiary alicyclic amines) is 1. The van der Waals surface area contributed by atoms with Crippen molar-refractivity contribution in [3.63, 3.8) is 0 Å². The quantitative estimate of drug-likeness (QED) is 0.863. The minimum atomic E-state index is -0.893. The summed E-state index contributed by atoms with van der Waals surface area (Å²) in [6.07, 6.45) is 1.17. The zero-order chi connectivity index (χ0) is 14.7. The zero-order valence-electron chi connectivity index (χ0n) is 11.9. The van der Waals surface area contributed by atoms with Crippen molar-refractivity contribution < 1.29 is 9.90 Å². The molecule has 0 spiro atoms. The number of carboxylic acid groups (broad SMARTS) is 1. The first-order valence-corrected chi connectivity index (χ1v) is 7.77. The van der Waals surface area contributed by atoms with E-state index in [1.54, 1.807) is 12.1 Å². The van der Waals surface area contributed by atoms with Crippen molar-refractivity contribution in [1.82, 2.24) is 4.90 Å². The number of anilines is 1. The molecule has 1 saturated heterocycles. The van der Waals surface area contributed by atoms with Crippen LogP contribution in [0.3, 0.4) is 0 Å². The molecule has 1 aromatic carbocycles. The van der Waals surface area contributed by atoms with Crippen LogP contribution in [0.2, 0.25) is 0 Å². The van der Waals surface area contributed by atoms with Crippen molar-refractivity contribution in [1.29, 1.82) is 0 Å². The number of rotatable bonds is 5. The Kier molecular flexibility index (Phi) is 5.05. The Morgan fingerprint density at radius 2 is 2.30 bits per heavy atom. The highest BCUT2D eigenvalue weighted by atomic mass is 79.9. The van der Waals surface area contributed by atoms with Gasteiger partial charge in [-0.15, -0.1) is 0 Å². The first kappa shape index (κ1) is 15.3. The van der Waals surface area contributed by atoms with E-state index in [0.29, 0.717) is 23.2 Å². The van der Waals surface area contributed by atoms with E-state index in [9.17, 15) is 9.90 Å². The van der Waals surface area contributed by atoms with E-state index in [1.165, 1.54) is 6.42 Å². The Morgan fingerprint density at radius 1 is 1.55 bits per heavy atom. The second-order valence-corrected chi connectivity index (χ2v) is 6.54. The number of hydrogen-bond donors (Lipinski definition) is 2. The predicted octanol–water partition coefficient (Wildman–Crippen LogP) is 3.29. The molecule has 4 nitrogen and oxygen atoms in total. The molecule has 1 aliphatic heterocycles. The van der Waals surface area contributed by atoms with Gasteiger partial charge in [-0.3, -0.25) is 0 Å². The zero-order valence-corrected chi connectivity index (χ0v) is 13.5. The van der Waals surface area contributed by atoms with Crippen LogP contribution < -0.4 is 5.32 Å². The van der Waals surface area contributed by atoms with Gasteiger partial charge < -0.3 is 15.3 Å². The van der Waals surface area contributed by atoms with E-state index in [4.69, 9.17) is 0 Å². The summed E-state index contributed by atoms with van der Waals surface area (Å²) in [6, 6.07) is 5.80. The fourth-order valence-corrected chi connectivity index (χ4v) is 2.96. The smallest absolute Gasteiger partial charge is 0.337 e. The third-order valence-corrected chi connectivity index (χ3v) is 4.33. The molecular weight excluding hydrogens is 320 g/mol. The van der Waals surface area contributed by atoms with Gasteiger partial charge in [-0.1, -0.05) is 15.9 Å². The summed E-state index contributed by atoms with van der Waals surface area (Å²) in [5, 5.41) is 12.5. The van der Waals surface area contributed by atoms with Crippen LogP contribution in [0.5, 0.6) is 0 Å². The Balaban J connectivity index is 1.98. The molecule has 0 radical (unpaired) electrons. The predicted molar refractivity (Wildman–Crippen MR) is 84.4 cm³/mol. The molecule has 0 aliphatic carbocycles. The van der Waals surface area contributed by atoms with E-state index in [-0.39, 0.29) is 0 Å². The first-order chi connectivity index (χ1) is 9.47. The highest BCUT2D eigenvalue weighted by Gasteiger charge is 2.24. The van der Waals surface area contributed by atoms with E-state index in [1.807, 2.05) is 6.07 Å². The van der Waals surface area contributed by atoms with Crippen molar-refractivity contribution >= 4 is 27.6 Å². The van der Waals surface area contributed by atoms with Crippen molar-refractivity contribution in [2.45, 2.75) is 26.3 Å². The molecular formula is C15H21BrN2O2. The molecule has 1 aromatic rings. The van der Waals surface area contributed by atoms with E-state index in [0.717, 1.165) is 24.1 Å². The van der Waals surface area contributed by atoms with Crippen LogP contribution in [0.4, 0.5) is 5.69 Å². The average molecular weight is 341 g/mol. The Labute approximate surface area is 128 Å². The van der Waals surface area contributed by atoms with E-state index >= 15 is 0 Å². The van der Waals surface area contributed by atoms with Gasteiger partial charge in [0, 0.05) is 29.3 Å². The van der Waals surface area contributed by atoms with Gasteiger partial charge in [0.2, 0.25) is 0 Å². The topological polar surface area (TPSA) is 52.6 Å². The number of aromatic carboxylic acids is 1. The average Bonchev–Trinajstić information content (AvgIpc) is 2.85. The number of carboxylic acids is 1. The lowest BCUT2D eigenvalue weighted by Crippen LogP contribution is -2.29. The monoisotopic (exact) mass is 340 g/mol. The minimum absolute atomic E-state index is 0.326. The molecule has 5 heteroatoms. The van der Waals surface area contributed by atoms with Gasteiger partial charge in [0.1, 0.15) is 0 Å². The maximum Gasteiger partial charge on any atom is 0.337 e. The fraction of sp³-hybridized carbons (Fsp3) is 0.533. The lowest BCUT2D eigenvalue weighted by atomic mass is 10.1. The maximum atomic E-state index is 11.2. The molecule has 1 unspecified atom stereocenters. The van der Waals surface area contributed by atoms with Crippen molar-refractivity contribution in [3.8, 4) is 0 Å².